The molecule has 1 fully saturated rings. The average Bonchev–Trinajstić information content (AvgIpc) is 3.05. The minimum atomic E-state index is -5.38. The molecule has 8 nitrogen and oxygen atoms in total. The number of ketones is 2. The topological polar surface area (TPSA) is 136 Å². The van der Waals surface area contributed by atoms with Gasteiger partial charge in [0.25, 0.3) is 5.78 Å². The monoisotopic (exact) mass is 408 g/mol. The summed E-state index contributed by atoms with van der Waals surface area (Å²) in [6.07, 6.45) is -4.77. The van der Waals surface area contributed by atoms with Crippen molar-refractivity contribution < 1.29 is 32.3 Å². The molecule has 1 aliphatic heterocycles. The highest BCUT2D eigenvalue weighted by Gasteiger charge is 2.60. The van der Waals surface area contributed by atoms with E-state index in [0.29, 0.717) is 6.42 Å². The van der Waals surface area contributed by atoms with E-state index in [4.69, 9.17) is 11.5 Å². The SMILES string of the molecule is CC(N)C(=O)N1CCCC1C(=O)NC(C(=O)C(C)N)(C(=O)C(F)(F)F)C(C)C. The summed E-state index contributed by atoms with van der Waals surface area (Å²) in [6.45, 7) is 5.17. The van der Waals surface area contributed by atoms with Crippen LogP contribution >= 0.6 is 0 Å². The van der Waals surface area contributed by atoms with E-state index < -0.39 is 59.1 Å². The Kier molecular flexibility index (Phi) is 7.35. The predicted molar refractivity (Wildman–Crippen MR) is 93.8 cm³/mol. The number of hydrogen-bond donors (Lipinski definition) is 3. The third kappa shape index (κ3) is 4.52. The van der Waals surface area contributed by atoms with Gasteiger partial charge in [-0.3, -0.25) is 19.2 Å². The lowest BCUT2D eigenvalue weighted by Gasteiger charge is -2.38. The van der Waals surface area contributed by atoms with Gasteiger partial charge < -0.3 is 21.7 Å². The average molecular weight is 408 g/mol. The first kappa shape index (κ1) is 24.0. The van der Waals surface area contributed by atoms with E-state index in [0.717, 1.165) is 11.8 Å². The maximum Gasteiger partial charge on any atom is 0.453 e. The summed E-state index contributed by atoms with van der Waals surface area (Å²) < 4.78 is 39.9. The molecule has 0 aromatic carbocycles. The summed E-state index contributed by atoms with van der Waals surface area (Å²) in [4.78, 5) is 51.0. The fourth-order valence-corrected chi connectivity index (χ4v) is 3.35. The van der Waals surface area contributed by atoms with Crippen molar-refractivity contribution in [2.75, 3.05) is 6.54 Å². The fourth-order valence-electron chi connectivity index (χ4n) is 3.35. The summed E-state index contributed by atoms with van der Waals surface area (Å²) in [6, 6.07) is -3.47. The number of amides is 2. The Bertz CT molecular complexity index is 649. The third-order valence-corrected chi connectivity index (χ3v) is 4.83. The quantitative estimate of drug-likeness (QED) is 0.503. The molecule has 1 aliphatic rings. The van der Waals surface area contributed by atoms with Crippen molar-refractivity contribution in [3.8, 4) is 0 Å². The van der Waals surface area contributed by atoms with E-state index in [1.54, 1.807) is 0 Å². The minimum Gasteiger partial charge on any atom is -0.335 e. The summed E-state index contributed by atoms with van der Waals surface area (Å²) in [5, 5.41) is 2.01. The van der Waals surface area contributed by atoms with Gasteiger partial charge in [-0.25, -0.2) is 0 Å². The molecule has 4 unspecified atom stereocenters. The fraction of sp³-hybridized carbons (Fsp3) is 0.765. The van der Waals surface area contributed by atoms with Crippen LogP contribution in [0.4, 0.5) is 13.2 Å². The van der Waals surface area contributed by atoms with Crippen LogP contribution in [0.25, 0.3) is 0 Å². The highest BCUT2D eigenvalue weighted by Crippen LogP contribution is 2.31. The van der Waals surface area contributed by atoms with Crippen molar-refractivity contribution in [1.82, 2.24) is 10.2 Å². The maximum absolute atomic E-state index is 13.3. The molecule has 0 spiro atoms. The van der Waals surface area contributed by atoms with Crippen LogP contribution < -0.4 is 16.8 Å². The molecule has 5 N–H and O–H groups in total. The molecule has 1 rings (SSSR count). The van der Waals surface area contributed by atoms with E-state index in [-0.39, 0.29) is 13.0 Å². The number of hydrogen-bond acceptors (Lipinski definition) is 6. The number of likely N-dealkylation sites (tertiary alicyclic amines) is 1. The number of Topliss-reactive ketones (excluding diaryl/α,β-unsaturated/α-hetero) is 2. The van der Waals surface area contributed by atoms with E-state index >= 15 is 0 Å². The number of nitrogens with zero attached hydrogens (tertiary/aromatic N) is 1. The van der Waals surface area contributed by atoms with Crippen LogP contribution in [0.1, 0.15) is 40.5 Å². The lowest BCUT2D eigenvalue weighted by Crippen LogP contribution is -2.71. The van der Waals surface area contributed by atoms with Gasteiger partial charge in [0.15, 0.2) is 11.3 Å². The zero-order valence-corrected chi connectivity index (χ0v) is 16.3. The van der Waals surface area contributed by atoms with Crippen molar-refractivity contribution in [1.29, 1.82) is 0 Å². The molecule has 11 heteroatoms. The number of halogens is 3. The lowest BCUT2D eigenvalue weighted by atomic mass is 9.75. The van der Waals surface area contributed by atoms with Crippen molar-refractivity contribution in [3.63, 3.8) is 0 Å². The van der Waals surface area contributed by atoms with Gasteiger partial charge in [-0.15, -0.1) is 0 Å². The van der Waals surface area contributed by atoms with Gasteiger partial charge in [0.2, 0.25) is 11.8 Å². The highest BCUT2D eigenvalue weighted by molar-refractivity contribution is 6.17. The van der Waals surface area contributed by atoms with Gasteiger partial charge in [0, 0.05) is 6.54 Å². The molecule has 0 aliphatic carbocycles. The van der Waals surface area contributed by atoms with Gasteiger partial charge in [0.1, 0.15) is 6.04 Å². The standard InChI is InChI=1S/C17H27F3N4O4/c1-8(2)16(12(25)9(3)21,15(28)17(18,19)20)23-13(26)11-6-5-7-24(11)14(27)10(4)22/h8-11H,5-7,21-22H2,1-4H3,(H,23,26). The molecule has 1 saturated heterocycles. The van der Waals surface area contributed by atoms with Crippen LogP contribution in [0.15, 0.2) is 0 Å². The Morgan fingerprint density at radius 1 is 1.04 bits per heavy atom. The molecule has 4 atom stereocenters. The zero-order chi connectivity index (χ0) is 22.0. The second-order valence-electron chi connectivity index (χ2n) is 7.41. The first-order chi connectivity index (χ1) is 12.7. The Morgan fingerprint density at radius 2 is 1.57 bits per heavy atom. The summed E-state index contributed by atoms with van der Waals surface area (Å²) in [7, 11) is 0. The molecular formula is C17H27F3N4O4. The van der Waals surface area contributed by atoms with Gasteiger partial charge in [-0.2, -0.15) is 13.2 Å². The number of nitrogens with one attached hydrogen (secondary N) is 1. The molecular weight excluding hydrogens is 381 g/mol. The van der Waals surface area contributed by atoms with Crippen molar-refractivity contribution in [3.05, 3.63) is 0 Å². The number of carbonyl (C=O) groups excluding carboxylic acids is 4. The number of rotatable bonds is 7. The Hall–Kier alpha value is -2.01. The van der Waals surface area contributed by atoms with E-state index in [9.17, 15) is 32.3 Å². The Balaban J connectivity index is 3.36. The second-order valence-corrected chi connectivity index (χ2v) is 7.41. The predicted octanol–water partition coefficient (Wildman–Crippen LogP) is -0.117. The highest BCUT2D eigenvalue weighted by atomic mass is 19.4. The third-order valence-electron chi connectivity index (χ3n) is 4.83. The number of alkyl halides is 3. The minimum absolute atomic E-state index is 0.172. The summed E-state index contributed by atoms with van der Waals surface area (Å²) in [5.74, 6) is -6.45. The van der Waals surface area contributed by atoms with Crippen molar-refractivity contribution >= 4 is 23.4 Å². The molecule has 1 heterocycles. The molecule has 28 heavy (non-hydrogen) atoms. The normalized spacial score (nSPS) is 21.8. The zero-order valence-electron chi connectivity index (χ0n) is 16.3. The van der Waals surface area contributed by atoms with Crippen LogP contribution in [0.3, 0.4) is 0 Å². The largest absolute Gasteiger partial charge is 0.453 e. The Morgan fingerprint density at radius 3 is 1.96 bits per heavy atom. The molecule has 0 bridgehead atoms. The smallest absolute Gasteiger partial charge is 0.335 e. The molecule has 0 aromatic rings. The van der Waals surface area contributed by atoms with Crippen molar-refractivity contribution in [2.24, 2.45) is 17.4 Å². The van der Waals surface area contributed by atoms with Crippen LogP contribution in [-0.2, 0) is 19.2 Å². The van der Waals surface area contributed by atoms with Gasteiger partial charge in [-0.05, 0) is 32.6 Å². The number of nitrogens with two attached hydrogens (primary N) is 2. The first-order valence-corrected chi connectivity index (χ1v) is 8.97. The first-order valence-electron chi connectivity index (χ1n) is 8.97. The van der Waals surface area contributed by atoms with Crippen molar-refractivity contribution in [2.45, 2.75) is 70.4 Å². The molecule has 0 radical (unpaired) electrons. The van der Waals surface area contributed by atoms with Crippen LogP contribution in [-0.4, -0.2) is 64.7 Å². The van der Waals surface area contributed by atoms with Gasteiger partial charge in [-0.1, -0.05) is 13.8 Å². The van der Waals surface area contributed by atoms with E-state index in [2.05, 4.69) is 0 Å². The van der Waals surface area contributed by atoms with Crippen LogP contribution in [0.5, 0.6) is 0 Å². The summed E-state index contributed by atoms with van der Waals surface area (Å²) in [5.41, 5.74) is 8.15. The molecule has 2 amide bonds. The maximum atomic E-state index is 13.3. The second kappa shape index (κ2) is 8.56. The lowest BCUT2D eigenvalue weighted by molar-refractivity contribution is -0.182. The van der Waals surface area contributed by atoms with Crippen LogP contribution in [0.2, 0.25) is 0 Å². The molecule has 160 valence electrons. The Labute approximate surface area is 161 Å². The van der Waals surface area contributed by atoms with E-state index in [1.807, 2.05) is 5.32 Å². The van der Waals surface area contributed by atoms with Gasteiger partial charge in [0.05, 0.1) is 12.1 Å². The van der Waals surface area contributed by atoms with E-state index in [1.165, 1.54) is 20.8 Å². The van der Waals surface area contributed by atoms with Crippen LogP contribution in [0, 0.1) is 5.92 Å². The molecule has 0 aromatic heterocycles. The number of carbonyl (C=O) groups is 4. The summed E-state index contributed by atoms with van der Waals surface area (Å²) >= 11 is 0. The molecule has 0 saturated carbocycles. The van der Waals surface area contributed by atoms with Gasteiger partial charge >= 0.3 is 6.18 Å².